The molecule has 5 heteroatoms. The van der Waals surface area contributed by atoms with Gasteiger partial charge in [0, 0.05) is 5.41 Å². The fraction of sp³-hybridized carbons (Fsp3) is 0.467. The summed E-state index contributed by atoms with van der Waals surface area (Å²) in [5, 5.41) is 21.2. The number of hydrogen-bond acceptors (Lipinski definition) is 3. The van der Waals surface area contributed by atoms with Crippen molar-refractivity contribution >= 4 is 17.6 Å². The van der Waals surface area contributed by atoms with Crippen molar-refractivity contribution in [3.63, 3.8) is 0 Å². The SMILES string of the molecule is CC1(C(=O)Nc2ccc(O)cc2C(=O)O)CCCCC1. The molecule has 0 bridgehead atoms. The van der Waals surface area contributed by atoms with Crippen LogP contribution in [-0.2, 0) is 4.79 Å². The highest BCUT2D eigenvalue weighted by Crippen LogP contribution is 2.37. The number of carbonyl (C=O) groups excluding carboxylic acids is 1. The van der Waals surface area contributed by atoms with E-state index in [9.17, 15) is 14.7 Å². The Balaban J connectivity index is 2.21. The highest BCUT2D eigenvalue weighted by molar-refractivity contribution is 6.02. The molecule has 1 aliphatic carbocycles. The minimum atomic E-state index is -1.18. The zero-order valence-corrected chi connectivity index (χ0v) is 11.5. The number of anilines is 1. The predicted octanol–water partition coefficient (Wildman–Crippen LogP) is 3.00. The molecule has 3 N–H and O–H groups in total. The smallest absolute Gasteiger partial charge is 0.337 e. The summed E-state index contributed by atoms with van der Waals surface area (Å²) in [5.74, 6) is -1.46. The van der Waals surface area contributed by atoms with Crippen molar-refractivity contribution in [2.24, 2.45) is 5.41 Å². The van der Waals surface area contributed by atoms with Gasteiger partial charge in [0.1, 0.15) is 5.75 Å². The monoisotopic (exact) mass is 277 g/mol. The van der Waals surface area contributed by atoms with Crippen molar-refractivity contribution in [1.82, 2.24) is 0 Å². The second-order valence-electron chi connectivity index (χ2n) is 5.61. The van der Waals surface area contributed by atoms with Crippen LogP contribution >= 0.6 is 0 Å². The number of aromatic carboxylic acids is 1. The molecule has 20 heavy (non-hydrogen) atoms. The summed E-state index contributed by atoms with van der Waals surface area (Å²) in [6.07, 6.45) is 4.82. The summed E-state index contributed by atoms with van der Waals surface area (Å²) in [7, 11) is 0. The molecular weight excluding hydrogens is 258 g/mol. The minimum absolute atomic E-state index is 0.0993. The van der Waals surface area contributed by atoms with Crippen LogP contribution in [0.25, 0.3) is 0 Å². The Kier molecular flexibility index (Phi) is 3.97. The molecule has 1 aromatic carbocycles. The molecule has 0 aromatic heterocycles. The third kappa shape index (κ3) is 2.92. The summed E-state index contributed by atoms with van der Waals surface area (Å²) in [6.45, 7) is 1.92. The first kappa shape index (κ1) is 14.4. The molecule has 0 atom stereocenters. The maximum Gasteiger partial charge on any atom is 0.337 e. The number of carboxylic acids is 1. The van der Waals surface area contributed by atoms with Gasteiger partial charge in [-0.05, 0) is 31.0 Å². The number of amides is 1. The molecule has 0 radical (unpaired) electrons. The molecule has 0 unspecified atom stereocenters. The number of phenols is 1. The Labute approximate surface area is 117 Å². The van der Waals surface area contributed by atoms with E-state index < -0.39 is 11.4 Å². The molecule has 0 aliphatic heterocycles. The Morgan fingerprint density at radius 3 is 2.45 bits per heavy atom. The summed E-state index contributed by atoms with van der Waals surface area (Å²) < 4.78 is 0. The molecule has 1 aliphatic rings. The molecule has 2 rings (SSSR count). The molecular formula is C15H19NO4. The van der Waals surface area contributed by atoms with Crippen LogP contribution in [0.15, 0.2) is 18.2 Å². The molecule has 1 aromatic rings. The van der Waals surface area contributed by atoms with Gasteiger partial charge in [-0.3, -0.25) is 4.79 Å². The number of aromatic hydroxyl groups is 1. The van der Waals surface area contributed by atoms with E-state index in [1.165, 1.54) is 12.1 Å². The van der Waals surface area contributed by atoms with Crippen molar-refractivity contribution in [3.05, 3.63) is 23.8 Å². The van der Waals surface area contributed by atoms with Crippen molar-refractivity contribution in [2.75, 3.05) is 5.32 Å². The van der Waals surface area contributed by atoms with Gasteiger partial charge in [0.05, 0.1) is 11.3 Å². The maximum atomic E-state index is 12.4. The lowest BCUT2D eigenvalue weighted by Crippen LogP contribution is -2.35. The zero-order valence-electron chi connectivity index (χ0n) is 11.5. The Bertz CT molecular complexity index is 533. The Morgan fingerprint density at radius 1 is 1.20 bits per heavy atom. The fourth-order valence-corrected chi connectivity index (χ4v) is 2.65. The Morgan fingerprint density at radius 2 is 1.85 bits per heavy atom. The number of carbonyl (C=O) groups is 2. The highest BCUT2D eigenvalue weighted by Gasteiger charge is 2.34. The van der Waals surface area contributed by atoms with Crippen LogP contribution in [0.3, 0.4) is 0 Å². The van der Waals surface area contributed by atoms with Gasteiger partial charge in [0.25, 0.3) is 0 Å². The van der Waals surface area contributed by atoms with Crippen molar-refractivity contribution in [1.29, 1.82) is 0 Å². The first-order valence-electron chi connectivity index (χ1n) is 6.80. The van der Waals surface area contributed by atoms with Gasteiger partial charge in [-0.15, -0.1) is 0 Å². The van der Waals surface area contributed by atoms with E-state index in [4.69, 9.17) is 5.11 Å². The van der Waals surface area contributed by atoms with E-state index in [0.717, 1.165) is 38.2 Å². The van der Waals surface area contributed by atoms with Gasteiger partial charge in [0.2, 0.25) is 5.91 Å². The van der Waals surface area contributed by atoms with Crippen LogP contribution in [0.2, 0.25) is 0 Å². The van der Waals surface area contributed by atoms with E-state index in [0.29, 0.717) is 0 Å². The number of rotatable bonds is 3. The molecule has 1 saturated carbocycles. The van der Waals surface area contributed by atoms with E-state index >= 15 is 0 Å². The second-order valence-corrected chi connectivity index (χ2v) is 5.61. The number of hydrogen-bond donors (Lipinski definition) is 3. The Hall–Kier alpha value is -2.04. The van der Waals surface area contributed by atoms with Crippen molar-refractivity contribution < 1.29 is 19.8 Å². The second kappa shape index (κ2) is 5.53. The van der Waals surface area contributed by atoms with Crippen LogP contribution in [0.4, 0.5) is 5.69 Å². The van der Waals surface area contributed by atoms with Gasteiger partial charge in [0.15, 0.2) is 0 Å². The summed E-state index contributed by atoms with van der Waals surface area (Å²) >= 11 is 0. The molecule has 0 saturated heterocycles. The number of carboxylic acid groups (broad SMARTS) is 1. The third-order valence-corrected chi connectivity index (χ3v) is 3.99. The molecule has 1 fully saturated rings. The van der Waals surface area contributed by atoms with Crippen LogP contribution in [0.5, 0.6) is 5.75 Å². The van der Waals surface area contributed by atoms with E-state index in [2.05, 4.69) is 5.32 Å². The lowest BCUT2D eigenvalue weighted by atomic mass is 9.75. The number of phenolic OH excluding ortho intramolecular Hbond substituents is 1. The zero-order chi connectivity index (χ0) is 14.8. The summed E-state index contributed by atoms with van der Waals surface area (Å²) in [6, 6.07) is 3.93. The molecule has 1 amide bonds. The van der Waals surface area contributed by atoms with Crippen molar-refractivity contribution in [3.8, 4) is 5.75 Å². The molecule has 108 valence electrons. The summed E-state index contributed by atoms with van der Waals surface area (Å²) in [4.78, 5) is 23.5. The first-order valence-corrected chi connectivity index (χ1v) is 6.80. The van der Waals surface area contributed by atoms with Crippen LogP contribution in [0.1, 0.15) is 49.4 Å². The summed E-state index contributed by atoms with van der Waals surface area (Å²) in [5.41, 5.74) is -0.309. The van der Waals surface area contributed by atoms with E-state index in [1.807, 2.05) is 6.92 Å². The van der Waals surface area contributed by atoms with Crippen LogP contribution < -0.4 is 5.32 Å². The lowest BCUT2D eigenvalue weighted by Gasteiger charge is -2.32. The topological polar surface area (TPSA) is 86.6 Å². The number of benzene rings is 1. The largest absolute Gasteiger partial charge is 0.508 e. The average Bonchev–Trinajstić information content (AvgIpc) is 2.41. The molecule has 5 nitrogen and oxygen atoms in total. The van der Waals surface area contributed by atoms with Crippen LogP contribution in [0, 0.1) is 5.41 Å². The average molecular weight is 277 g/mol. The van der Waals surface area contributed by atoms with Gasteiger partial charge in [-0.25, -0.2) is 4.79 Å². The van der Waals surface area contributed by atoms with Crippen LogP contribution in [-0.4, -0.2) is 22.1 Å². The molecule has 0 heterocycles. The van der Waals surface area contributed by atoms with Crippen molar-refractivity contribution in [2.45, 2.75) is 39.0 Å². The third-order valence-electron chi connectivity index (χ3n) is 3.99. The minimum Gasteiger partial charge on any atom is -0.508 e. The van der Waals surface area contributed by atoms with Gasteiger partial charge in [-0.2, -0.15) is 0 Å². The first-order chi connectivity index (χ1) is 9.42. The lowest BCUT2D eigenvalue weighted by molar-refractivity contribution is -0.126. The van der Waals surface area contributed by atoms with Gasteiger partial charge >= 0.3 is 5.97 Å². The standard InChI is InChI=1S/C15H19NO4/c1-15(7-3-2-4-8-15)14(20)16-12-6-5-10(17)9-11(12)13(18)19/h5-6,9,17H,2-4,7-8H2,1H3,(H,16,20)(H,18,19). The maximum absolute atomic E-state index is 12.4. The van der Waals surface area contributed by atoms with E-state index in [1.54, 1.807) is 0 Å². The van der Waals surface area contributed by atoms with Gasteiger partial charge < -0.3 is 15.5 Å². The van der Waals surface area contributed by atoms with Gasteiger partial charge in [-0.1, -0.05) is 26.2 Å². The number of nitrogens with one attached hydrogen (secondary N) is 1. The van der Waals surface area contributed by atoms with E-state index in [-0.39, 0.29) is 22.9 Å². The fourth-order valence-electron chi connectivity index (χ4n) is 2.65. The predicted molar refractivity (Wildman–Crippen MR) is 74.9 cm³/mol. The highest BCUT2D eigenvalue weighted by atomic mass is 16.4. The normalized spacial score (nSPS) is 17.4. The molecule has 0 spiro atoms. The quantitative estimate of drug-likeness (QED) is 0.741.